The Hall–Kier alpha value is -0.790. The van der Waals surface area contributed by atoms with Crippen LogP contribution in [0.1, 0.15) is 34.1 Å². The van der Waals surface area contributed by atoms with Gasteiger partial charge in [-0.1, -0.05) is 25.0 Å². The van der Waals surface area contributed by atoms with Crippen LogP contribution in [0.2, 0.25) is 0 Å². The van der Waals surface area contributed by atoms with E-state index >= 15 is 0 Å². The number of carboxylic acids is 1. The van der Waals surface area contributed by atoms with Gasteiger partial charge in [0.05, 0.1) is 5.92 Å². The standard InChI is InChI=1S/C10H16O2/c1-6(2)7-5-8(9(11)12)10(7,3)4/h8H,5H2,1-4H3,(H,11,12)/t8-/m1/s1. The number of hydrogen-bond donors (Lipinski definition) is 1. The quantitative estimate of drug-likeness (QED) is 0.610. The first-order valence-electron chi connectivity index (χ1n) is 4.27. The molecule has 68 valence electrons. The van der Waals surface area contributed by atoms with Crippen LogP contribution in [-0.2, 0) is 4.79 Å². The predicted molar refractivity (Wildman–Crippen MR) is 47.9 cm³/mol. The molecule has 1 saturated carbocycles. The Kier molecular flexibility index (Phi) is 2.02. The van der Waals surface area contributed by atoms with Crippen molar-refractivity contribution in [1.82, 2.24) is 0 Å². The number of allylic oxidation sites excluding steroid dienone is 2. The van der Waals surface area contributed by atoms with Crippen molar-refractivity contribution in [3.05, 3.63) is 11.1 Å². The Morgan fingerprint density at radius 3 is 2.25 bits per heavy atom. The van der Waals surface area contributed by atoms with Gasteiger partial charge in [-0.05, 0) is 25.7 Å². The Bertz CT molecular complexity index is 245. The zero-order valence-corrected chi connectivity index (χ0v) is 8.14. The maximum absolute atomic E-state index is 10.7. The zero-order valence-electron chi connectivity index (χ0n) is 8.14. The van der Waals surface area contributed by atoms with Crippen molar-refractivity contribution in [2.75, 3.05) is 0 Å². The third-order valence-corrected chi connectivity index (χ3v) is 2.96. The lowest BCUT2D eigenvalue weighted by molar-refractivity contribution is -0.148. The van der Waals surface area contributed by atoms with Crippen LogP contribution in [-0.4, -0.2) is 11.1 Å². The second-order valence-electron chi connectivity index (χ2n) is 4.30. The summed E-state index contributed by atoms with van der Waals surface area (Å²) in [6.45, 7) is 8.12. The summed E-state index contributed by atoms with van der Waals surface area (Å²) in [5.41, 5.74) is 2.47. The highest BCUT2D eigenvalue weighted by Crippen LogP contribution is 2.52. The fraction of sp³-hybridized carbons (Fsp3) is 0.700. The van der Waals surface area contributed by atoms with E-state index in [1.165, 1.54) is 11.1 Å². The van der Waals surface area contributed by atoms with Gasteiger partial charge >= 0.3 is 5.97 Å². The van der Waals surface area contributed by atoms with Crippen molar-refractivity contribution < 1.29 is 9.90 Å². The lowest BCUT2D eigenvalue weighted by Crippen LogP contribution is -2.43. The molecule has 0 saturated heterocycles. The molecular formula is C10H16O2. The van der Waals surface area contributed by atoms with Crippen molar-refractivity contribution in [3.8, 4) is 0 Å². The third-order valence-electron chi connectivity index (χ3n) is 2.96. The third kappa shape index (κ3) is 1.15. The molecule has 0 heterocycles. The van der Waals surface area contributed by atoms with Gasteiger partial charge in [0.25, 0.3) is 0 Å². The highest BCUT2D eigenvalue weighted by Gasteiger charge is 2.48. The summed E-state index contributed by atoms with van der Waals surface area (Å²) < 4.78 is 0. The number of rotatable bonds is 1. The first-order valence-corrected chi connectivity index (χ1v) is 4.27. The first kappa shape index (κ1) is 9.30. The number of carbonyl (C=O) groups is 1. The summed E-state index contributed by atoms with van der Waals surface area (Å²) in [7, 11) is 0. The van der Waals surface area contributed by atoms with Crippen LogP contribution in [0.15, 0.2) is 11.1 Å². The molecule has 12 heavy (non-hydrogen) atoms. The van der Waals surface area contributed by atoms with Crippen LogP contribution in [0.4, 0.5) is 0 Å². The lowest BCUT2D eigenvalue weighted by Gasteiger charge is -2.46. The molecule has 1 fully saturated rings. The Morgan fingerprint density at radius 2 is 2.00 bits per heavy atom. The van der Waals surface area contributed by atoms with E-state index in [1.54, 1.807) is 0 Å². The summed E-state index contributed by atoms with van der Waals surface area (Å²) in [5, 5.41) is 8.85. The molecule has 1 rings (SSSR count). The molecule has 0 spiro atoms. The van der Waals surface area contributed by atoms with Crippen LogP contribution in [0.25, 0.3) is 0 Å². The van der Waals surface area contributed by atoms with E-state index in [0.717, 1.165) is 6.42 Å². The highest BCUT2D eigenvalue weighted by atomic mass is 16.4. The van der Waals surface area contributed by atoms with Gasteiger partial charge in [0.1, 0.15) is 0 Å². The Balaban J connectivity index is 2.87. The van der Waals surface area contributed by atoms with Gasteiger partial charge in [-0.25, -0.2) is 0 Å². The highest BCUT2D eigenvalue weighted by molar-refractivity contribution is 5.74. The van der Waals surface area contributed by atoms with Gasteiger partial charge in [-0.2, -0.15) is 0 Å². The van der Waals surface area contributed by atoms with Gasteiger partial charge in [0, 0.05) is 0 Å². The second kappa shape index (κ2) is 2.61. The molecule has 1 aliphatic rings. The smallest absolute Gasteiger partial charge is 0.307 e. The van der Waals surface area contributed by atoms with E-state index in [2.05, 4.69) is 13.8 Å². The van der Waals surface area contributed by atoms with Crippen molar-refractivity contribution in [3.63, 3.8) is 0 Å². The maximum atomic E-state index is 10.7. The van der Waals surface area contributed by atoms with Crippen LogP contribution in [0.3, 0.4) is 0 Å². The summed E-state index contributed by atoms with van der Waals surface area (Å²) in [4.78, 5) is 10.7. The largest absolute Gasteiger partial charge is 0.481 e. The van der Waals surface area contributed by atoms with Crippen LogP contribution in [0.5, 0.6) is 0 Å². The van der Waals surface area contributed by atoms with Crippen LogP contribution in [0, 0.1) is 11.3 Å². The van der Waals surface area contributed by atoms with Crippen molar-refractivity contribution in [1.29, 1.82) is 0 Å². The van der Waals surface area contributed by atoms with Gasteiger partial charge < -0.3 is 5.11 Å². The lowest BCUT2D eigenvalue weighted by atomic mass is 9.57. The molecular weight excluding hydrogens is 152 g/mol. The van der Waals surface area contributed by atoms with Gasteiger partial charge in [-0.3, -0.25) is 4.79 Å². The zero-order chi connectivity index (χ0) is 9.52. The second-order valence-corrected chi connectivity index (χ2v) is 4.30. The average Bonchev–Trinajstić information content (AvgIpc) is 1.83. The minimum Gasteiger partial charge on any atom is -0.481 e. The van der Waals surface area contributed by atoms with Crippen molar-refractivity contribution >= 4 is 5.97 Å². The molecule has 0 aromatic carbocycles. The molecule has 0 bridgehead atoms. The topological polar surface area (TPSA) is 37.3 Å². The summed E-state index contributed by atoms with van der Waals surface area (Å²) in [5.74, 6) is -0.840. The van der Waals surface area contributed by atoms with Crippen LogP contribution >= 0.6 is 0 Å². The predicted octanol–water partition coefficient (Wildman–Crippen LogP) is 2.45. The first-order chi connectivity index (χ1) is 5.37. The fourth-order valence-electron chi connectivity index (χ4n) is 2.05. The molecule has 0 amide bonds. The van der Waals surface area contributed by atoms with Gasteiger partial charge in [0.15, 0.2) is 0 Å². The summed E-state index contributed by atoms with van der Waals surface area (Å²) in [6, 6.07) is 0. The maximum Gasteiger partial charge on any atom is 0.307 e. The molecule has 2 heteroatoms. The van der Waals surface area contributed by atoms with Gasteiger partial charge in [0.2, 0.25) is 0 Å². The molecule has 0 unspecified atom stereocenters. The summed E-state index contributed by atoms with van der Waals surface area (Å²) in [6.07, 6.45) is 0.741. The average molecular weight is 168 g/mol. The van der Waals surface area contributed by atoms with E-state index in [9.17, 15) is 4.79 Å². The molecule has 0 aromatic rings. The molecule has 0 radical (unpaired) electrons. The Labute approximate surface area is 73.3 Å². The van der Waals surface area contributed by atoms with Crippen LogP contribution < -0.4 is 0 Å². The van der Waals surface area contributed by atoms with E-state index in [4.69, 9.17) is 5.11 Å². The Morgan fingerprint density at radius 1 is 1.50 bits per heavy atom. The van der Waals surface area contributed by atoms with E-state index in [1.807, 2.05) is 13.8 Å². The van der Waals surface area contributed by atoms with E-state index in [-0.39, 0.29) is 11.3 Å². The van der Waals surface area contributed by atoms with E-state index in [0.29, 0.717) is 0 Å². The molecule has 1 N–H and O–H groups in total. The monoisotopic (exact) mass is 168 g/mol. The summed E-state index contributed by atoms with van der Waals surface area (Å²) >= 11 is 0. The number of hydrogen-bond acceptors (Lipinski definition) is 1. The fourth-order valence-corrected chi connectivity index (χ4v) is 2.05. The molecule has 2 nitrogen and oxygen atoms in total. The normalized spacial score (nSPS) is 26.3. The number of carboxylic acid groups (broad SMARTS) is 1. The SMILES string of the molecule is CC(C)=C1C[C@H](C(=O)O)C1(C)C. The molecule has 1 atom stereocenters. The molecule has 0 aliphatic heterocycles. The van der Waals surface area contributed by atoms with Crippen molar-refractivity contribution in [2.24, 2.45) is 11.3 Å². The van der Waals surface area contributed by atoms with E-state index < -0.39 is 5.97 Å². The van der Waals surface area contributed by atoms with Crippen molar-refractivity contribution in [2.45, 2.75) is 34.1 Å². The molecule has 0 aromatic heterocycles. The number of aliphatic carboxylic acids is 1. The molecule has 1 aliphatic carbocycles. The van der Waals surface area contributed by atoms with Gasteiger partial charge in [-0.15, -0.1) is 0 Å². The minimum absolute atomic E-state index is 0.120. The minimum atomic E-state index is -0.662.